The molecule has 3 aromatic carbocycles. The number of amides is 1. The number of aryl methyl sites for hydroxylation is 2. The molecule has 7 nitrogen and oxygen atoms in total. The first-order chi connectivity index (χ1) is 17.8. The molecular formula is C30H37NO6S. The van der Waals surface area contributed by atoms with Crippen LogP contribution in [-0.4, -0.2) is 38.7 Å². The normalized spacial score (nSPS) is 11.6. The van der Waals surface area contributed by atoms with E-state index < -0.39 is 21.5 Å². The summed E-state index contributed by atoms with van der Waals surface area (Å²) in [6, 6.07) is 19.3. The van der Waals surface area contributed by atoms with Gasteiger partial charge in [-0.15, -0.1) is 0 Å². The Hall–Kier alpha value is -3.52. The second-order valence-corrected chi connectivity index (χ2v) is 12.7. The Labute approximate surface area is 226 Å². The third-order valence-electron chi connectivity index (χ3n) is 5.56. The summed E-state index contributed by atoms with van der Waals surface area (Å²) in [5.41, 5.74) is 5.47. The van der Waals surface area contributed by atoms with E-state index in [9.17, 15) is 13.2 Å². The molecule has 0 aromatic heterocycles. The SMILES string of the molecule is Cc1cc(OCCCS(C)(=O)=O)cc(C)c1-c1cccc(COc2ccc(NC(=O)OC(C)(C)C)cc2)c1. The second-order valence-electron chi connectivity index (χ2n) is 10.4. The molecule has 0 unspecified atom stereocenters. The van der Waals surface area contributed by atoms with E-state index in [2.05, 4.69) is 17.4 Å². The maximum Gasteiger partial charge on any atom is 0.412 e. The van der Waals surface area contributed by atoms with Gasteiger partial charge in [-0.2, -0.15) is 0 Å². The highest BCUT2D eigenvalue weighted by molar-refractivity contribution is 7.90. The monoisotopic (exact) mass is 539 g/mol. The Morgan fingerprint density at radius 3 is 2.16 bits per heavy atom. The highest BCUT2D eigenvalue weighted by Crippen LogP contribution is 2.32. The molecule has 1 N–H and O–H groups in total. The highest BCUT2D eigenvalue weighted by Gasteiger charge is 2.16. The molecule has 204 valence electrons. The third-order valence-corrected chi connectivity index (χ3v) is 6.59. The van der Waals surface area contributed by atoms with E-state index >= 15 is 0 Å². The molecule has 0 saturated heterocycles. The number of rotatable bonds is 10. The molecule has 0 aliphatic rings. The Balaban J connectivity index is 1.61. The summed E-state index contributed by atoms with van der Waals surface area (Å²) in [4.78, 5) is 11.9. The van der Waals surface area contributed by atoms with Crippen molar-refractivity contribution in [3.05, 3.63) is 77.4 Å². The fraction of sp³-hybridized carbons (Fsp3) is 0.367. The van der Waals surface area contributed by atoms with Crippen LogP contribution in [0.4, 0.5) is 10.5 Å². The van der Waals surface area contributed by atoms with Crippen LogP contribution in [0, 0.1) is 13.8 Å². The van der Waals surface area contributed by atoms with Crippen LogP contribution in [0.25, 0.3) is 11.1 Å². The molecule has 0 fully saturated rings. The fourth-order valence-electron chi connectivity index (χ4n) is 4.01. The zero-order valence-corrected chi connectivity index (χ0v) is 23.8. The van der Waals surface area contributed by atoms with E-state index in [0.29, 0.717) is 31.1 Å². The predicted octanol–water partition coefficient (Wildman–Crippen LogP) is 6.71. The minimum atomic E-state index is -2.99. The Kier molecular flexibility index (Phi) is 9.44. The predicted molar refractivity (Wildman–Crippen MR) is 152 cm³/mol. The van der Waals surface area contributed by atoms with E-state index in [-0.39, 0.29) is 5.75 Å². The van der Waals surface area contributed by atoms with E-state index in [0.717, 1.165) is 33.6 Å². The zero-order chi connectivity index (χ0) is 27.9. The molecule has 3 aromatic rings. The number of hydrogen-bond acceptors (Lipinski definition) is 6. The van der Waals surface area contributed by atoms with Gasteiger partial charge in [0, 0.05) is 11.9 Å². The lowest BCUT2D eigenvalue weighted by Crippen LogP contribution is -2.27. The topological polar surface area (TPSA) is 90.9 Å². The van der Waals surface area contributed by atoms with Gasteiger partial charge in [0.2, 0.25) is 0 Å². The first-order valence-electron chi connectivity index (χ1n) is 12.5. The second kappa shape index (κ2) is 12.3. The molecule has 0 spiro atoms. The van der Waals surface area contributed by atoms with Gasteiger partial charge in [0.25, 0.3) is 0 Å². The summed E-state index contributed by atoms with van der Waals surface area (Å²) in [5, 5.41) is 2.71. The molecule has 0 bridgehead atoms. The van der Waals surface area contributed by atoms with Crippen LogP contribution in [0.5, 0.6) is 11.5 Å². The lowest BCUT2D eigenvalue weighted by Gasteiger charge is -2.19. The van der Waals surface area contributed by atoms with E-state index in [1.807, 2.05) is 58.9 Å². The summed E-state index contributed by atoms with van der Waals surface area (Å²) < 4.78 is 39.7. The van der Waals surface area contributed by atoms with Crippen molar-refractivity contribution in [3.63, 3.8) is 0 Å². The molecule has 0 heterocycles. The number of benzene rings is 3. The van der Waals surface area contributed by atoms with Crippen molar-refractivity contribution in [3.8, 4) is 22.6 Å². The molecule has 0 aliphatic heterocycles. The molecule has 1 amide bonds. The first kappa shape index (κ1) is 29.0. The van der Waals surface area contributed by atoms with Crippen molar-refractivity contribution >= 4 is 21.6 Å². The number of sulfone groups is 1. The van der Waals surface area contributed by atoms with Crippen LogP contribution >= 0.6 is 0 Å². The molecule has 0 atom stereocenters. The van der Waals surface area contributed by atoms with Crippen molar-refractivity contribution in [2.24, 2.45) is 0 Å². The lowest BCUT2D eigenvalue weighted by molar-refractivity contribution is 0.0636. The van der Waals surface area contributed by atoms with Gasteiger partial charge in [0.1, 0.15) is 33.5 Å². The number of nitrogens with one attached hydrogen (secondary N) is 1. The summed E-state index contributed by atoms with van der Waals surface area (Å²) >= 11 is 0. The van der Waals surface area contributed by atoms with Crippen molar-refractivity contribution in [1.29, 1.82) is 0 Å². The van der Waals surface area contributed by atoms with Gasteiger partial charge in [-0.3, -0.25) is 5.32 Å². The molecule has 8 heteroatoms. The number of anilines is 1. The number of carbonyl (C=O) groups excluding carboxylic acids is 1. The average Bonchev–Trinajstić information content (AvgIpc) is 2.79. The van der Waals surface area contributed by atoms with Crippen LogP contribution in [0.1, 0.15) is 43.9 Å². The largest absolute Gasteiger partial charge is 0.494 e. The molecule has 3 rings (SSSR count). The average molecular weight is 540 g/mol. The maximum atomic E-state index is 11.9. The van der Waals surface area contributed by atoms with Crippen molar-refractivity contribution in [1.82, 2.24) is 0 Å². The Bertz CT molecular complexity index is 1340. The smallest absolute Gasteiger partial charge is 0.412 e. The van der Waals surface area contributed by atoms with E-state index in [4.69, 9.17) is 14.2 Å². The van der Waals surface area contributed by atoms with Crippen molar-refractivity contribution in [2.75, 3.05) is 23.9 Å². The van der Waals surface area contributed by atoms with Crippen LogP contribution in [0.3, 0.4) is 0 Å². The van der Waals surface area contributed by atoms with E-state index in [1.54, 1.807) is 24.3 Å². The molecule has 0 aliphatic carbocycles. The minimum absolute atomic E-state index is 0.116. The number of ether oxygens (including phenoxy) is 3. The van der Waals surface area contributed by atoms with Gasteiger partial charge < -0.3 is 14.2 Å². The Morgan fingerprint density at radius 2 is 1.55 bits per heavy atom. The number of hydrogen-bond donors (Lipinski definition) is 1. The van der Waals surface area contributed by atoms with Crippen molar-refractivity contribution in [2.45, 2.75) is 53.2 Å². The van der Waals surface area contributed by atoms with Crippen LogP contribution in [0.15, 0.2) is 60.7 Å². The standard InChI is InChI=1S/C30H37NO6S/c1-21-17-27(35-15-8-16-38(6,33)34)18-22(2)28(21)24-10-7-9-23(19-24)20-36-26-13-11-25(12-14-26)31-29(32)37-30(3,4)5/h7,9-14,17-19H,8,15-16,20H2,1-6H3,(H,31,32). The molecule has 0 radical (unpaired) electrons. The maximum absolute atomic E-state index is 11.9. The first-order valence-corrected chi connectivity index (χ1v) is 14.6. The minimum Gasteiger partial charge on any atom is -0.494 e. The van der Waals surface area contributed by atoms with Gasteiger partial charge in [0.15, 0.2) is 0 Å². The fourth-order valence-corrected chi connectivity index (χ4v) is 4.66. The van der Waals surface area contributed by atoms with Gasteiger partial charge in [-0.25, -0.2) is 13.2 Å². The van der Waals surface area contributed by atoms with Crippen LogP contribution in [0.2, 0.25) is 0 Å². The summed E-state index contributed by atoms with van der Waals surface area (Å²) in [6.45, 7) is 10.3. The van der Waals surface area contributed by atoms with Crippen LogP contribution < -0.4 is 14.8 Å². The summed E-state index contributed by atoms with van der Waals surface area (Å²) in [7, 11) is -2.99. The van der Waals surface area contributed by atoms with Gasteiger partial charge >= 0.3 is 6.09 Å². The quantitative estimate of drug-likeness (QED) is 0.288. The lowest BCUT2D eigenvalue weighted by atomic mass is 9.94. The van der Waals surface area contributed by atoms with Crippen molar-refractivity contribution < 1.29 is 27.4 Å². The number of carbonyl (C=O) groups is 1. The zero-order valence-electron chi connectivity index (χ0n) is 23.0. The summed E-state index contributed by atoms with van der Waals surface area (Å²) in [6.07, 6.45) is 1.20. The molecule has 0 saturated carbocycles. The summed E-state index contributed by atoms with van der Waals surface area (Å²) in [5.74, 6) is 1.54. The van der Waals surface area contributed by atoms with Gasteiger partial charge in [-0.1, -0.05) is 18.2 Å². The highest BCUT2D eigenvalue weighted by atomic mass is 32.2. The van der Waals surface area contributed by atoms with Gasteiger partial charge in [0.05, 0.1) is 12.4 Å². The Morgan fingerprint density at radius 1 is 0.895 bits per heavy atom. The third kappa shape index (κ3) is 9.41. The molecule has 38 heavy (non-hydrogen) atoms. The van der Waals surface area contributed by atoms with E-state index in [1.165, 1.54) is 6.26 Å². The van der Waals surface area contributed by atoms with Gasteiger partial charge in [-0.05, 0) is 111 Å². The molecular weight excluding hydrogens is 502 g/mol. The van der Waals surface area contributed by atoms with Crippen LogP contribution in [-0.2, 0) is 21.2 Å².